The summed E-state index contributed by atoms with van der Waals surface area (Å²) in [5, 5.41) is 0. The summed E-state index contributed by atoms with van der Waals surface area (Å²) in [6.07, 6.45) is 2.51. The van der Waals surface area contributed by atoms with Crippen LogP contribution in [-0.2, 0) is 4.74 Å². The second-order valence-electron chi connectivity index (χ2n) is 6.37. The highest BCUT2D eigenvalue weighted by molar-refractivity contribution is 5.44. The van der Waals surface area contributed by atoms with E-state index in [9.17, 15) is 0 Å². The van der Waals surface area contributed by atoms with E-state index in [2.05, 4.69) is 46.8 Å². The van der Waals surface area contributed by atoms with Gasteiger partial charge in [-0.2, -0.15) is 0 Å². The lowest BCUT2D eigenvalue weighted by molar-refractivity contribution is -0.172. The average molecular weight is 262 g/mol. The summed E-state index contributed by atoms with van der Waals surface area (Å²) in [6.45, 7) is 12.6. The lowest BCUT2D eigenvalue weighted by Gasteiger charge is -2.44. The molecule has 1 saturated heterocycles. The molecule has 0 amide bonds. The Hall–Kier alpha value is -1.02. The molecule has 2 heteroatoms. The molecule has 1 unspecified atom stereocenters. The van der Waals surface area contributed by atoms with Crippen molar-refractivity contribution in [1.82, 2.24) is 0 Å². The van der Waals surface area contributed by atoms with E-state index in [1.165, 1.54) is 23.1 Å². The number of hydrogen-bond donors (Lipinski definition) is 0. The van der Waals surface area contributed by atoms with Gasteiger partial charge in [-0.25, -0.2) is 0 Å². The van der Waals surface area contributed by atoms with Gasteiger partial charge in [0.15, 0.2) is 0 Å². The number of benzene rings is 1. The molecule has 1 aliphatic heterocycles. The minimum Gasteiger partial charge on any atom is -0.493 e. The largest absolute Gasteiger partial charge is 0.493 e. The molecule has 106 valence electrons. The molecule has 2 nitrogen and oxygen atoms in total. The molecule has 0 saturated carbocycles. The highest BCUT2D eigenvalue weighted by Crippen LogP contribution is 2.46. The first-order valence-corrected chi connectivity index (χ1v) is 7.31. The van der Waals surface area contributed by atoms with Crippen LogP contribution in [0.25, 0.3) is 0 Å². The SMILES string of the molecule is CCCCOc1c(C)cc(C2OCC2(C)C)cc1C. The first-order valence-electron chi connectivity index (χ1n) is 7.31. The zero-order valence-electron chi connectivity index (χ0n) is 12.9. The van der Waals surface area contributed by atoms with Crippen LogP contribution < -0.4 is 4.74 Å². The second kappa shape index (κ2) is 5.54. The van der Waals surface area contributed by atoms with Crippen LogP contribution in [0.2, 0.25) is 0 Å². The molecule has 0 bridgehead atoms. The summed E-state index contributed by atoms with van der Waals surface area (Å²) >= 11 is 0. The third kappa shape index (κ3) is 2.94. The summed E-state index contributed by atoms with van der Waals surface area (Å²) < 4.78 is 11.6. The van der Waals surface area contributed by atoms with E-state index >= 15 is 0 Å². The highest BCUT2D eigenvalue weighted by atomic mass is 16.5. The predicted octanol–water partition coefficient (Wildman–Crippen LogP) is 4.58. The third-order valence-corrected chi connectivity index (χ3v) is 3.86. The van der Waals surface area contributed by atoms with Crippen molar-refractivity contribution in [3.05, 3.63) is 28.8 Å². The molecular weight excluding hydrogens is 236 g/mol. The lowest BCUT2D eigenvalue weighted by atomic mass is 9.78. The molecule has 0 aliphatic carbocycles. The maximum atomic E-state index is 5.91. The molecule has 1 heterocycles. The van der Waals surface area contributed by atoms with Gasteiger partial charge in [0.25, 0.3) is 0 Å². The second-order valence-corrected chi connectivity index (χ2v) is 6.37. The fourth-order valence-electron chi connectivity index (χ4n) is 2.73. The van der Waals surface area contributed by atoms with E-state index in [-0.39, 0.29) is 11.5 Å². The standard InChI is InChI=1S/C17H26O2/c1-6-7-8-18-15-12(2)9-14(10-13(15)3)16-17(4,5)11-19-16/h9-10,16H,6-8,11H2,1-5H3. The van der Waals surface area contributed by atoms with Gasteiger partial charge in [-0.15, -0.1) is 0 Å². The number of unbranched alkanes of at least 4 members (excludes halogenated alkanes) is 1. The number of rotatable bonds is 5. The Bertz CT molecular complexity index is 426. The highest BCUT2D eigenvalue weighted by Gasteiger charge is 2.41. The first kappa shape index (κ1) is 14.4. The number of hydrogen-bond acceptors (Lipinski definition) is 2. The number of ether oxygens (including phenoxy) is 2. The van der Waals surface area contributed by atoms with Gasteiger partial charge in [-0.3, -0.25) is 0 Å². The molecule has 1 aromatic rings. The van der Waals surface area contributed by atoms with Crippen molar-refractivity contribution < 1.29 is 9.47 Å². The maximum Gasteiger partial charge on any atom is 0.125 e. The van der Waals surface area contributed by atoms with Gasteiger partial charge < -0.3 is 9.47 Å². The van der Waals surface area contributed by atoms with Crippen LogP contribution in [0.15, 0.2) is 12.1 Å². The Kier molecular flexibility index (Phi) is 4.19. The summed E-state index contributed by atoms with van der Waals surface area (Å²) in [4.78, 5) is 0. The quantitative estimate of drug-likeness (QED) is 0.723. The molecule has 2 rings (SSSR count). The van der Waals surface area contributed by atoms with Gasteiger partial charge in [0.1, 0.15) is 5.75 Å². The van der Waals surface area contributed by atoms with Gasteiger partial charge in [-0.1, -0.05) is 27.2 Å². The first-order chi connectivity index (χ1) is 8.95. The van der Waals surface area contributed by atoms with Gasteiger partial charge in [0.2, 0.25) is 0 Å². The lowest BCUT2D eigenvalue weighted by Crippen LogP contribution is -2.40. The van der Waals surface area contributed by atoms with Crippen LogP contribution in [0.4, 0.5) is 0 Å². The minimum atomic E-state index is 0.231. The van der Waals surface area contributed by atoms with Crippen LogP contribution in [0.5, 0.6) is 5.75 Å². The molecule has 0 radical (unpaired) electrons. The zero-order valence-corrected chi connectivity index (χ0v) is 12.9. The number of aryl methyl sites for hydroxylation is 2. The van der Waals surface area contributed by atoms with Crippen molar-refractivity contribution >= 4 is 0 Å². The summed E-state index contributed by atoms with van der Waals surface area (Å²) in [7, 11) is 0. The molecule has 0 aromatic heterocycles. The van der Waals surface area contributed by atoms with Crippen molar-refractivity contribution in [2.24, 2.45) is 5.41 Å². The normalized spacial score (nSPS) is 21.0. The van der Waals surface area contributed by atoms with Crippen molar-refractivity contribution in [3.63, 3.8) is 0 Å². The zero-order chi connectivity index (χ0) is 14.0. The molecule has 1 fully saturated rings. The van der Waals surface area contributed by atoms with E-state index in [1.54, 1.807) is 0 Å². The monoisotopic (exact) mass is 262 g/mol. The summed E-state index contributed by atoms with van der Waals surface area (Å²) in [5.41, 5.74) is 3.98. The van der Waals surface area contributed by atoms with Crippen LogP contribution >= 0.6 is 0 Å². The van der Waals surface area contributed by atoms with Crippen molar-refractivity contribution in [3.8, 4) is 5.75 Å². The van der Waals surface area contributed by atoms with Crippen molar-refractivity contribution in [2.75, 3.05) is 13.2 Å². The smallest absolute Gasteiger partial charge is 0.125 e. The molecule has 1 aliphatic rings. The Morgan fingerprint density at radius 1 is 1.26 bits per heavy atom. The molecule has 1 aromatic carbocycles. The Morgan fingerprint density at radius 2 is 1.89 bits per heavy atom. The van der Waals surface area contributed by atoms with Gasteiger partial charge >= 0.3 is 0 Å². The van der Waals surface area contributed by atoms with E-state index in [1.807, 2.05) is 0 Å². The van der Waals surface area contributed by atoms with Gasteiger partial charge in [-0.05, 0) is 49.1 Å². The molecular formula is C17H26O2. The summed E-state index contributed by atoms with van der Waals surface area (Å²) in [5.74, 6) is 1.05. The van der Waals surface area contributed by atoms with Crippen molar-refractivity contribution in [2.45, 2.75) is 53.6 Å². The van der Waals surface area contributed by atoms with Crippen LogP contribution in [0.3, 0.4) is 0 Å². The Morgan fingerprint density at radius 3 is 2.32 bits per heavy atom. The fourth-order valence-corrected chi connectivity index (χ4v) is 2.73. The van der Waals surface area contributed by atoms with Crippen LogP contribution in [0.1, 0.15) is 56.4 Å². The van der Waals surface area contributed by atoms with Crippen LogP contribution in [0, 0.1) is 19.3 Å². The third-order valence-electron chi connectivity index (χ3n) is 3.86. The van der Waals surface area contributed by atoms with Crippen molar-refractivity contribution in [1.29, 1.82) is 0 Å². The van der Waals surface area contributed by atoms with E-state index in [0.29, 0.717) is 0 Å². The predicted molar refractivity (Wildman–Crippen MR) is 78.8 cm³/mol. The Balaban J connectivity index is 2.17. The Labute approximate surface area is 117 Å². The van der Waals surface area contributed by atoms with Gasteiger partial charge in [0, 0.05) is 5.41 Å². The van der Waals surface area contributed by atoms with E-state index in [4.69, 9.17) is 9.47 Å². The van der Waals surface area contributed by atoms with Gasteiger partial charge in [0.05, 0.1) is 19.3 Å². The summed E-state index contributed by atoms with van der Waals surface area (Å²) in [6, 6.07) is 4.44. The van der Waals surface area contributed by atoms with E-state index in [0.717, 1.165) is 25.4 Å². The topological polar surface area (TPSA) is 18.5 Å². The molecule has 0 N–H and O–H groups in total. The molecule has 19 heavy (non-hydrogen) atoms. The van der Waals surface area contributed by atoms with E-state index < -0.39 is 0 Å². The minimum absolute atomic E-state index is 0.231. The average Bonchev–Trinajstić information content (AvgIpc) is 2.31. The molecule has 0 spiro atoms. The fraction of sp³-hybridized carbons (Fsp3) is 0.647. The maximum absolute atomic E-state index is 5.91. The van der Waals surface area contributed by atoms with Crippen LogP contribution in [-0.4, -0.2) is 13.2 Å². The molecule has 1 atom stereocenters.